The van der Waals surface area contributed by atoms with Crippen molar-refractivity contribution in [2.45, 2.75) is 18.9 Å². The van der Waals surface area contributed by atoms with E-state index in [4.69, 9.17) is 10.5 Å². The number of phenolic OH excluding ortho intramolecular Hbond substituents is 1. The number of aliphatic hydroxyl groups excluding tert-OH is 2. The van der Waals surface area contributed by atoms with E-state index in [9.17, 15) is 29.7 Å². The molecule has 1 aromatic carbocycles. The molecule has 0 saturated heterocycles. The maximum atomic E-state index is 13.8. The molecule has 192 valence electrons. The average Bonchev–Trinajstić information content (AvgIpc) is 2.83. The summed E-state index contributed by atoms with van der Waals surface area (Å²) in [6.45, 7) is 0. The number of allylic oxidation sites excluding steroid dienone is 2. The van der Waals surface area contributed by atoms with E-state index >= 15 is 0 Å². The Morgan fingerprint density at radius 3 is 2.49 bits per heavy atom. The number of methoxy groups -OCH3 is 1. The molecule has 5 N–H and O–H groups in total. The van der Waals surface area contributed by atoms with Crippen LogP contribution in [0, 0.1) is 17.8 Å². The van der Waals surface area contributed by atoms with Crippen LogP contribution in [0.5, 0.6) is 11.5 Å². The van der Waals surface area contributed by atoms with Gasteiger partial charge < -0.3 is 25.8 Å². The molecule has 1 heterocycles. The monoisotopic (exact) mass is 505 g/mol. The normalized spacial score (nSPS) is 25.1. The van der Waals surface area contributed by atoms with E-state index in [0.717, 1.165) is 0 Å². The third kappa shape index (κ3) is 3.51. The van der Waals surface area contributed by atoms with Gasteiger partial charge in [-0.3, -0.25) is 24.3 Å². The Balaban J connectivity index is 1.70. The summed E-state index contributed by atoms with van der Waals surface area (Å²) in [5, 5.41) is 32.9. The van der Waals surface area contributed by atoms with Gasteiger partial charge in [0.1, 0.15) is 28.6 Å². The summed E-state index contributed by atoms with van der Waals surface area (Å²) >= 11 is 0. The Morgan fingerprint density at radius 2 is 1.84 bits per heavy atom. The van der Waals surface area contributed by atoms with Crippen LogP contribution in [0.3, 0.4) is 0 Å². The van der Waals surface area contributed by atoms with Gasteiger partial charge in [0.15, 0.2) is 11.6 Å². The molecule has 0 fully saturated rings. The number of nitrogens with two attached hydrogens (primary N) is 1. The molecule has 37 heavy (non-hydrogen) atoms. The molecule has 0 saturated carbocycles. The first-order chi connectivity index (χ1) is 17.6. The van der Waals surface area contributed by atoms with Crippen LogP contribution in [0.2, 0.25) is 0 Å². The third-order valence-electron chi connectivity index (χ3n) is 7.74. The van der Waals surface area contributed by atoms with Gasteiger partial charge >= 0.3 is 0 Å². The average molecular weight is 506 g/mol. The van der Waals surface area contributed by atoms with Gasteiger partial charge in [-0.2, -0.15) is 0 Å². The number of pyridine rings is 1. The van der Waals surface area contributed by atoms with Gasteiger partial charge in [0.2, 0.25) is 0 Å². The number of phenols is 1. The molecule has 0 spiro atoms. The Kier molecular flexibility index (Phi) is 5.79. The number of hydrogen-bond donors (Lipinski definition) is 4. The van der Waals surface area contributed by atoms with Crippen molar-refractivity contribution in [3.8, 4) is 22.6 Å². The number of Topliss-reactive ketones (excluding diaryl/α,β-unsaturated/α-hetero) is 2. The summed E-state index contributed by atoms with van der Waals surface area (Å²) in [6.07, 6.45) is 3.76. The number of likely N-dealkylation sites (N-methyl/N-ethyl adjacent to an activating group) is 1. The minimum atomic E-state index is -1.22. The Bertz CT molecular complexity index is 1430. The van der Waals surface area contributed by atoms with Crippen LogP contribution in [0.4, 0.5) is 0 Å². The topological polar surface area (TPSA) is 163 Å². The number of aromatic nitrogens is 1. The number of aromatic hydroxyl groups is 1. The van der Waals surface area contributed by atoms with E-state index in [1.165, 1.54) is 13.2 Å². The fourth-order valence-corrected chi connectivity index (χ4v) is 6.28. The first kappa shape index (κ1) is 24.5. The zero-order chi connectivity index (χ0) is 26.8. The van der Waals surface area contributed by atoms with Crippen molar-refractivity contribution in [2.75, 3.05) is 21.2 Å². The van der Waals surface area contributed by atoms with E-state index in [0.29, 0.717) is 22.4 Å². The van der Waals surface area contributed by atoms with Gasteiger partial charge in [-0.05, 0) is 62.0 Å². The van der Waals surface area contributed by atoms with Gasteiger partial charge in [0.05, 0.1) is 24.6 Å². The highest BCUT2D eigenvalue weighted by Gasteiger charge is 2.54. The van der Waals surface area contributed by atoms with Gasteiger partial charge in [0.25, 0.3) is 5.91 Å². The largest absolute Gasteiger partial charge is 0.511 e. The number of amides is 1. The van der Waals surface area contributed by atoms with E-state index < -0.39 is 58.4 Å². The van der Waals surface area contributed by atoms with Crippen molar-refractivity contribution in [1.82, 2.24) is 9.88 Å². The summed E-state index contributed by atoms with van der Waals surface area (Å²) in [5.41, 5.74) is 6.81. The number of fused-ring (bicyclic) bond motifs is 3. The molecule has 2 aromatic rings. The van der Waals surface area contributed by atoms with Gasteiger partial charge in [-0.15, -0.1) is 0 Å². The van der Waals surface area contributed by atoms with Crippen molar-refractivity contribution in [1.29, 1.82) is 0 Å². The van der Waals surface area contributed by atoms with Crippen LogP contribution >= 0.6 is 0 Å². The van der Waals surface area contributed by atoms with Crippen LogP contribution in [0.25, 0.3) is 11.1 Å². The molecule has 1 unspecified atom stereocenters. The van der Waals surface area contributed by atoms with E-state index in [2.05, 4.69) is 4.98 Å². The van der Waals surface area contributed by atoms with Gasteiger partial charge in [-0.25, -0.2) is 0 Å². The second kappa shape index (κ2) is 8.74. The maximum absolute atomic E-state index is 13.8. The van der Waals surface area contributed by atoms with Crippen molar-refractivity contribution in [3.63, 3.8) is 0 Å². The van der Waals surface area contributed by atoms with Crippen molar-refractivity contribution in [3.05, 3.63) is 64.4 Å². The first-order valence-corrected chi connectivity index (χ1v) is 11.8. The summed E-state index contributed by atoms with van der Waals surface area (Å²) in [6, 6.07) is 4.03. The molecule has 1 aromatic heterocycles. The predicted molar refractivity (Wildman–Crippen MR) is 132 cm³/mol. The summed E-state index contributed by atoms with van der Waals surface area (Å²) < 4.78 is 5.49. The molecule has 1 amide bonds. The van der Waals surface area contributed by atoms with Crippen LogP contribution in [0.1, 0.15) is 22.3 Å². The van der Waals surface area contributed by atoms with Crippen molar-refractivity contribution >= 4 is 17.5 Å². The number of aliphatic hydroxyl groups is 2. The zero-order valence-corrected chi connectivity index (χ0v) is 20.6. The molecule has 3 aliphatic carbocycles. The lowest BCUT2D eigenvalue weighted by Crippen LogP contribution is -2.53. The summed E-state index contributed by atoms with van der Waals surface area (Å²) in [7, 11) is 4.91. The number of hydrogen-bond acceptors (Lipinski definition) is 9. The molecule has 10 heteroatoms. The number of primary amides is 1. The molecule has 0 radical (unpaired) electrons. The lowest BCUT2D eigenvalue weighted by molar-refractivity contribution is -0.127. The summed E-state index contributed by atoms with van der Waals surface area (Å²) in [4.78, 5) is 45.0. The smallest absolute Gasteiger partial charge is 0.255 e. The molecule has 0 aliphatic heterocycles. The standard InChI is InChI=1S/C27H27N3O7/c1-30(2)22-14-9-11-8-13-12(15-10-29-7-6-17(15)37-3)4-5-16(31)19(13)23(32)18(11)24(33)20(14)25(34)21(26(22)35)27(28)36/h4-7,10-11,14,20,22,31,33,35H,8-9H2,1-3H3,(H2,28,36)/t11-,14+,20?,22-/m0/s1. The second-order valence-corrected chi connectivity index (χ2v) is 9.87. The predicted octanol–water partition coefficient (Wildman–Crippen LogP) is 2.08. The van der Waals surface area contributed by atoms with Crippen LogP contribution in [-0.4, -0.2) is 69.9 Å². The fourth-order valence-electron chi connectivity index (χ4n) is 6.28. The van der Waals surface area contributed by atoms with E-state index in [-0.39, 0.29) is 29.7 Å². The highest BCUT2D eigenvalue weighted by Crippen LogP contribution is 2.51. The quantitative estimate of drug-likeness (QED) is 0.456. The molecule has 3 aliphatic rings. The number of nitrogens with zero attached hydrogens (tertiary/aromatic N) is 2. The van der Waals surface area contributed by atoms with Crippen molar-refractivity contribution < 1.29 is 34.4 Å². The zero-order valence-electron chi connectivity index (χ0n) is 20.6. The fraction of sp³-hybridized carbons (Fsp3) is 0.333. The molecule has 0 bridgehead atoms. The molecule has 4 atom stereocenters. The lowest BCUT2D eigenvalue weighted by Gasteiger charge is -2.46. The highest BCUT2D eigenvalue weighted by molar-refractivity contribution is 6.22. The Hall–Kier alpha value is -4.18. The molecular formula is C27H27N3O7. The molecule has 10 nitrogen and oxygen atoms in total. The number of benzene rings is 1. The Labute approximate surface area is 212 Å². The van der Waals surface area contributed by atoms with Crippen LogP contribution in [-0.2, 0) is 16.0 Å². The van der Waals surface area contributed by atoms with Gasteiger partial charge in [-0.1, -0.05) is 6.07 Å². The number of carbonyl (C=O) groups excluding carboxylic acids is 3. The molecule has 5 rings (SSSR count). The number of rotatable bonds is 4. The minimum Gasteiger partial charge on any atom is -0.511 e. The Morgan fingerprint density at radius 1 is 1.11 bits per heavy atom. The second-order valence-electron chi connectivity index (χ2n) is 9.87. The maximum Gasteiger partial charge on any atom is 0.255 e. The lowest BCUT2D eigenvalue weighted by atomic mass is 9.60. The van der Waals surface area contributed by atoms with E-state index in [1.807, 2.05) is 0 Å². The van der Waals surface area contributed by atoms with Gasteiger partial charge in [0, 0.05) is 23.5 Å². The number of carbonyl (C=O) groups is 3. The number of ketones is 2. The van der Waals surface area contributed by atoms with Crippen LogP contribution < -0.4 is 10.5 Å². The van der Waals surface area contributed by atoms with Crippen LogP contribution in [0.15, 0.2) is 53.3 Å². The van der Waals surface area contributed by atoms with Crippen molar-refractivity contribution in [2.24, 2.45) is 23.5 Å². The first-order valence-electron chi connectivity index (χ1n) is 11.8. The van der Waals surface area contributed by atoms with E-state index in [1.54, 1.807) is 43.5 Å². The minimum absolute atomic E-state index is 0.0374. The molecular weight excluding hydrogens is 478 g/mol. The highest BCUT2D eigenvalue weighted by atomic mass is 16.5. The third-order valence-corrected chi connectivity index (χ3v) is 7.74. The number of ether oxygens (including phenoxy) is 1. The SMILES string of the molecule is COc1ccncc1-c1ccc(O)c2c1C[C@H]1C[C@@H]3C(C(=O)C(C(N)=O)=C(O)[C@H]3N(C)C)C(O)=C1C2=O. The summed E-state index contributed by atoms with van der Waals surface area (Å²) in [5.74, 6) is -5.39.